The Morgan fingerprint density at radius 3 is 2.47 bits per heavy atom. The van der Waals surface area contributed by atoms with E-state index in [-0.39, 0.29) is 23.5 Å². The molecule has 0 unspecified atom stereocenters. The molecule has 30 heavy (non-hydrogen) atoms. The molecule has 4 rings (SSSR count). The third-order valence-corrected chi connectivity index (χ3v) is 6.23. The molecule has 0 aliphatic carbocycles. The first-order valence-electron chi connectivity index (χ1n) is 10.6. The second-order valence-corrected chi connectivity index (χ2v) is 8.77. The van der Waals surface area contributed by atoms with E-state index in [4.69, 9.17) is 4.74 Å². The number of nitrogens with zero attached hydrogens (tertiary/aromatic N) is 3. The Hall–Kier alpha value is -2.67. The van der Waals surface area contributed by atoms with Crippen LogP contribution in [-0.2, 0) is 11.8 Å². The van der Waals surface area contributed by atoms with Gasteiger partial charge in [-0.25, -0.2) is 0 Å². The Morgan fingerprint density at radius 1 is 1.13 bits per heavy atom. The second kappa shape index (κ2) is 8.22. The minimum Gasteiger partial charge on any atom is -0.375 e. The molecule has 1 aromatic heterocycles. The number of aryl methyl sites for hydroxylation is 3. The van der Waals surface area contributed by atoms with Gasteiger partial charge in [-0.05, 0) is 51.7 Å². The van der Waals surface area contributed by atoms with Gasteiger partial charge in [-0.1, -0.05) is 17.2 Å². The molecule has 2 aliphatic heterocycles. The van der Waals surface area contributed by atoms with E-state index in [1.807, 2.05) is 30.9 Å². The zero-order chi connectivity index (χ0) is 21.3. The van der Waals surface area contributed by atoms with Gasteiger partial charge in [0.15, 0.2) is 0 Å². The third kappa shape index (κ3) is 4.41. The van der Waals surface area contributed by atoms with Crippen LogP contribution in [0.4, 0.5) is 0 Å². The molecule has 7 heteroatoms. The van der Waals surface area contributed by atoms with Crippen LogP contribution in [0.25, 0.3) is 0 Å². The molecular weight excluding hydrogens is 380 g/mol. The van der Waals surface area contributed by atoms with Crippen molar-refractivity contribution in [1.82, 2.24) is 20.0 Å². The summed E-state index contributed by atoms with van der Waals surface area (Å²) in [5.74, 6) is 0.00136. The summed E-state index contributed by atoms with van der Waals surface area (Å²) in [5.41, 5.74) is 3.29. The van der Waals surface area contributed by atoms with Crippen molar-refractivity contribution in [2.75, 3.05) is 19.7 Å². The molecule has 160 valence electrons. The Balaban J connectivity index is 1.36. The minimum atomic E-state index is -0.259. The van der Waals surface area contributed by atoms with Crippen LogP contribution >= 0.6 is 0 Å². The Bertz CT molecular complexity index is 923. The minimum absolute atomic E-state index is 0.0770. The van der Waals surface area contributed by atoms with Crippen molar-refractivity contribution in [2.24, 2.45) is 7.05 Å². The maximum Gasteiger partial charge on any atom is 0.254 e. The quantitative estimate of drug-likeness (QED) is 0.844. The van der Waals surface area contributed by atoms with Crippen molar-refractivity contribution >= 4 is 11.8 Å². The average Bonchev–Trinajstić information content (AvgIpc) is 3.14. The number of rotatable bonds is 3. The van der Waals surface area contributed by atoms with E-state index < -0.39 is 0 Å². The zero-order valence-electron chi connectivity index (χ0n) is 18.0. The Kier molecular flexibility index (Phi) is 5.64. The summed E-state index contributed by atoms with van der Waals surface area (Å²) < 4.78 is 7.82. The van der Waals surface area contributed by atoms with Crippen molar-refractivity contribution in [3.63, 3.8) is 0 Å². The van der Waals surface area contributed by atoms with Crippen molar-refractivity contribution < 1.29 is 14.3 Å². The van der Waals surface area contributed by atoms with E-state index >= 15 is 0 Å². The number of benzene rings is 1. The van der Waals surface area contributed by atoms with Gasteiger partial charge < -0.3 is 15.0 Å². The predicted molar refractivity (Wildman–Crippen MR) is 113 cm³/mol. The van der Waals surface area contributed by atoms with Crippen LogP contribution in [0, 0.1) is 13.8 Å². The summed E-state index contributed by atoms with van der Waals surface area (Å²) in [6.45, 7) is 6.02. The number of aromatic nitrogens is 2. The van der Waals surface area contributed by atoms with Crippen molar-refractivity contribution in [3.8, 4) is 0 Å². The van der Waals surface area contributed by atoms with E-state index in [0.29, 0.717) is 25.3 Å². The van der Waals surface area contributed by atoms with E-state index in [1.165, 1.54) is 0 Å². The van der Waals surface area contributed by atoms with Crippen LogP contribution in [-0.4, -0.2) is 57.8 Å². The van der Waals surface area contributed by atoms with E-state index in [1.54, 1.807) is 24.1 Å². The van der Waals surface area contributed by atoms with E-state index in [0.717, 1.165) is 42.4 Å². The summed E-state index contributed by atoms with van der Waals surface area (Å²) in [4.78, 5) is 27.4. The fraction of sp³-hybridized carbons (Fsp3) is 0.522. The van der Waals surface area contributed by atoms with E-state index in [9.17, 15) is 9.59 Å². The molecule has 2 aromatic rings. The lowest BCUT2D eigenvalue weighted by Gasteiger charge is -2.46. The standard InChI is InChI=1S/C23H30N4O3/c1-16-10-17(2)12-18(11-16)22(29)27-7-5-23(6-8-27)13-20(4-9-30-23)25-21(28)19-14-24-26(3)15-19/h10-12,14-15,20H,4-9,13H2,1-3H3,(H,25,28)/t20-/m0/s1. The Labute approximate surface area is 177 Å². The van der Waals surface area contributed by atoms with Crippen LogP contribution in [0.15, 0.2) is 30.6 Å². The smallest absolute Gasteiger partial charge is 0.254 e. The molecule has 1 aromatic carbocycles. The third-order valence-electron chi connectivity index (χ3n) is 6.23. The topological polar surface area (TPSA) is 76.5 Å². The number of piperidine rings is 1. The van der Waals surface area contributed by atoms with Crippen LogP contribution in [0.1, 0.15) is 57.5 Å². The summed E-state index contributed by atoms with van der Waals surface area (Å²) in [6, 6.07) is 6.08. The van der Waals surface area contributed by atoms with Crippen LogP contribution < -0.4 is 5.32 Å². The maximum absolute atomic E-state index is 13.0. The first-order valence-corrected chi connectivity index (χ1v) is 10.6. The second-order valence-electron chi connectivity index (χ2n) is 8.77. The van der Waals surface area contributed by atoms with Gasteiger partial charge in [-0.15, -0.1) is 0 Å². The van der Waals surface area contributed by atoms with Crippen molar-refractivity contribution in [1.29, 1.82) is 0 Å². The summed E-state index contributed by atoms with van der Waals surface area (Å²) in [5, 5.41) is 7.21. The maximum atomic E-state index is 13.0. The monoisotopic (exact) mass is 410 g/mol. The molecule has 2 fully saturated rings. The number of amides is 2. The molecule has 2 aliphatic rings. The molecule has 3 heterocycles. The number of carbonyl (C=O) groups is 2. The predicted octanol–water partition coefficient (Wildman–Crippen LogP) is 2.62. The summed E-state index contributed by atoms with van der Waals surface area (Å²) in [6.07, 6.45) is 6.48. The SMILES string of the molecule is Cc1cc(C)cc(C(=O)N2CCC3(CC2)C[C@@H](NC(=O)c2cnn(C)c2)CCO3)c1. The molecule has 0 saturated carbocycles. The molecule has 7 nitrogen and oxygen atoms in total. The fourth-order valence-corrected chi connectivity index (χ4v) is 4.70. The molecule has 1 atom stereocenters. The molecule has 2 amide bonds. The van der Waals surface area contributed by atoms with Crippen LogP contribution in [0.3, 0.4) is 0 Å². The molecule has 1 N–H and O–H groups in total. The van der Waals surface area contributed by atoms with Gasteiger partial charge in [0.2, 0.25) is 0 Å². The molecular formula is C23H30N4O3. The van der Waals surface area contributed by atoms with Gasteiger partial charge >= 0.3 is 0 Å². The number of hydrogen-bond donors (Lipinski definition) is 1. The lowest BCUT2D eigenvalue weighted by Crippen LogP contribution is -2.54. The fourth-order valence-electron chi connectivity index (χ4n) is 4.70. The first-order chi connectivity index (χ1) is 14.3. The highest BCUT2D eigenvalue weighted by atomic mass is 16.5. The number of nitrogens with one attached hydrogen (secondary N) is 1. The lowest BCUT2D eigenvalue weighted by atomic mass is 9.82. The van der Waals surface area contributed by atoms with Crippen LogP contribution in [0.2, 0.25) is 0 Å². The molecule has 1 spiro atoms. The first kappa shape index (κ1) is 20.6. The van der Waals surface area contributed by atoms with Gasteiger partial charge in [0.05, 0.1) is 17.4 Å². The number of carbonyl (C=O) groups excluding carboxylic acids is 2. The summed E-state index contributed by atoms with van der Waals surface area (Å²) >= 11 is 0. The van der Waals surface area contributed by atoms with Crippen LogP contribution in [0.5, 0.6) is 0 Å². The number of hydrogen-bond acceptors (Lipinski definition) is 4. The van der Waals surface area contributed by atoms with Gasteiger partial charge in [0, 0.05) is 44.5 Å². The molecule has 2 saturated heterocycles. The highest BCUT2D eigenvalue weighted by Gasteiger charge is 2.41. The Morgan fingerprint density at radius 2 is 1.83 bits per heavy atom. The van der Waals surface area contributed by atoms with E-state index in [2.05, 4.69) is 16.5 Å². The van der Waals surface area contributed by atoms with Gasteiger partial charge in [0.25, 0.3) is 11.8 Å². The average molecular weight is 411 g/mol. The molecule has 0 bridgehead atoms. The molecule has 0 radical (unpaired) electrons. The van der Waals surface area contributed by atoms with Crippen molar-refractivity contribution in [3.05, 3.63) is 52.8 Å². The zero-order valence-corrected chi connectivity index (χ0v) is 18.0. The summed E-state index contributed by atoms with van der Waals surface area (Å²) in [7, 11) is 1.80. The largest absolute Gasteiger partial charge is 0.375 e. The van der Waals surface area contributed by atoms with Gasteiger partial charge in [-0.3, -0.25) is 14.3 Å². The lowest BCUT2D eigenvalue weighted by molar-refractivity contribution is -0.114. The van der Waals surface area contributed by atoms with Crippen molar-refractivity contribution in [2.45, 2.75) is 51.2 Å². The number of ether oxygens (including phenoxy) is 1. The number of likely N-dealkylation sites (tertiary alicyclic amines) is 1. The highest BCUT2D eigenvalue weighted by Crippen LogP contribution is 2.35. The van der Waals surface area contributed by atoms with Gasteiger partial charge in [-0.2, -0.15) is 5.10 Å². The van der Waals surface area contributed by atoms with Gasteiger partial charge in [0.1, 0.15) is 0 Å². The normalized spacial score (nSPS) is 20.9. The highest BCUT2D eigenvalue weighted by molar-refractivity contribution is 5.95.